The van der Waals surface area contributed by atoms with E-state index in [1.807, 2.05) is 6.07 Å². The molecule has 1 heterocycles. The quantitative estimate of drug-likeness (QED) is 0.646. The molecule has 4 nitrogen and oxygen atoms in total. The van der Waals surface area contributed by atoms with Crippen molar-refractivity contribution in [3.8, 4) is 5.75 Å². The third-order valence-corrected chi connectivity index (χ3v) is 3.89. The summed E-state index contributed by atoms with van der Waals surface area (Å²) in [6, 6.07) is 11.5. The van der Waals surface area contributed by atoms with Gasteiger partial charge in [0.15, 0.2) is 5.11 Å². The van der Waals surface area contributed by atoms with Crippen LogP contribution >= 0.6 is 23.8 Å². The van der Waals surface area contributed by atoms with Crippen molar-refractivity contribution in [2.45, 2.75) is 6.61 Å². The van der Waals surface area contributed by atoms with Crippen molar-refractivity contribution in [3.63, 3.8) is 0 Å². The van der Waals surface area contributed by atoms with Crippen LogP contribution in [0.15, 0.2) is 48.2 Å². The number of hydrogen-bond acceptors (Lipinski definition) is 3. The summed E-state index contributed by atoms with van der Waals surface area (Å²) in [7, 11) is 0. The highest BCUT2D eigenvalue weighted by Gasteiger charge is 2.19. The Morgan fingerprint density at radius 1 is 1.21 bits per heavy atom. The lowest BCUT2D eigenvalue weighted by atomic mass is 10.2. The number of amides is 1. The minimum atomic E-state index is -0.416. The van der Waals surface area contributed by atoms with Crippen molar-refractivity contribution >= 4 is 40.9 Å². The standard InChI is InChI=1S/C17H12ClFN2O2S/c18-13-5-2-6-14(19)12(13)9-23-11-4-1-3-10(7-11)8-15-16(22)21-17(24)20-15/h1-8H,9H2,(H2,20,21,22,24)/b15-8+. The van der Waals surface area contributed by atoms with Crippen molar-refractivity contribution in [3.05, 3.63) is 70.1 Å². The number of rotatable bonds is 4. The molecular formula is C17H12ClFN2O2S. The Bertz CT molecular complexity index is 834. The van der Waals surface area contributed by atoms with Crippen LogP contribution in [0.3, 0.4) is 0 Å². The van der Waals surface area contributed by atoms with Gasteiger partial charge in [0.1, 0.15) is 23.9 Å². The van der Waals surface area contributed by atoms with E-state index in [-0.39, 0.29) is 17.6 Å². The number of carbonyl (C=O) groups excluding carboxylic acids is 1. The zero-order valence-electron chi connectivity index (χ0n) is 12.3. The van der Waals surface area contributed by atoms with Gasteiger partial charge >= 0.3 is 0 Å². The summed E-state index contributed by atoms with van der Waals surface area (Å²) < 4.78 is 19.4. The average Bonchev–Trinajstić information content (AvgIpc) is 2.85. The molecule has 1 amide bonds. The molecule has 0 atom stereocenters. The molecule has 122 valence electrons. The molecule has 0 saturated carbocycles. The average molecular weight is 363 g/mol. The summed E-state index contributed by atoms with van der Waals surface area (Å²) in [4.78, 5) is 11.6. The summed E-state index contributed by atoms with van der Waals surface area (Å²) in [5, 5.41) is 5.84. The Balaban J connectivity index is 1.75. The summed E-state index contributed by atoms with van der Waals surface area (Å²) >= 11 is 10.9. The van der Waals surface area contributed by atoms with Crippen LogP contribution in [0, 0.1) is 5.82 Å². The molecule has 1 saturated heterocycles. The molecule has 0 unspecified atom stereocenters. The third-order valence-electron chi connectivity index (χ3n) is 3.33. The van der Waals surface area contributed by atoms with E-state index in [2.05, 4.69) is 10.6 Å². The van der Waals surface area contributed by atoms with Gasteiger partial charge in [-0.1, -0.05) is 29.8 Å². The molecule has 3 rings (SSSR count). The fourth-order valence-corrected chi connectivity index (χ4v) is 2.59. The van der Waals surface area contributed by atoms with Gasteiger partial charge in [0, 0.05) is 5.56 Å². The molecule has 0 radical (unpaired) electrons. The van der Waals surface area contributed by atoms with Crippen LogP contribution in [0.2, 0.25) is 5.02 Å². The molecule has 24 heavy (non-hydrogen) atoms. The molecule has 2 N–H and O–H groups in total. The van der Waals surface area contributed by atoms with E-state index >= 15 is 0 Å². The lowest BCUT2D eigenvalue weighted by Crippen LogP contribution is -2.21. The fourth-order valence-electron chi connectivity index (χ4n) is 2.17. The predicted molar refractivity (Wildman–Crippen MR) is 94.0 cm³/mol. The molecule has 0 bridgehead atoms. The first kappa shape index (κ1) is 16.4. The number of nitrogens with one attached hydrogen (secondary N) is 2. The lowest BCUT2D eigenvalue weighted by molar-refractivity contribution is -0.115. The number of halogens is 2. The van der Waals surface area contributed by atoms with Gasteiger partial charge in [-0.3, -0.25) is 10.1 Å². The van der Waals surface area contributed by atoms with Gasteiger partial charge in [-0.25, -0.2) is 4.39 Å². The first-order valence-corrected chi connectivity index (χ1v) is 7.81. The Morgan fingerprint density at radius 2 is 2.00 bits per heavy atom. The molecule has 0 spiro atoms. The number of carbonyl (C=O) groups is 1. The van der Waals surface area contributed by atoms with Crippen LogP contribution in [-0.2, 0) is 11.4 Å². The second-order valence-corrected chi connectivity index (χ2v) is 5.84. The van der Waals surface area contributed by atoms with Gasteiger partial charge in [-0.2, -0.15) is 0 Å². The van der Waals surface area contributed by atoms with Crippen LogP contribution in [-0.4, -0.2) is 11.0 Å². The van der Waals surface area contributed by atoms with Crippen molar-refractivity contribution in [1.29, 1.82) is 0 Å². The zero-order chi connectivity index (χ0) is 17.1. The number of hydrogen-bond donors (Lipinski definition) is 2. The third kappa shape index (κ3) is 3.72. The molecular weight excluding hydrogens is 351 g/mol. The molecule has 0 aliphatic carbocycles. The number of benzene rings is 2. The van der Waals surface area contributed by atoms with Gasteiger partial charge in [0.25, 0.3) is 5.91 Å². The maximum absolute atomic E-state index is 13.7. The van der Waals surface area contributed by atoms with Crippen LogP contribution in [0.25, 0.3) is 6.08 Å². The van der Waals surface area contributed by atoms with Crippen molar-refractivity contribution in [1.82, 2.24) is 10.6 Å². The molecule has 2 aromatic rings. The highest BCUT2D eigenvalue weighted by molar-refractivity contribution is 7.80. The van der Waals surface area contributed by atoms with Gasteiger partial charge in [-0.05, 0) is 48.1 Å². The molecule has 1 aliphatic rings. The van der Waals surface area contributed by atoms with E-state index in [9.17, 15) is 9.18 Å². The molecule has 0 aromatic heterocycles. The lowest BCUT2D eigenvalue weighted by Gasteiger charge is -2.09. The predicted octanol–water partition coefficient (Wildman–Crippen LogP) is 3.40. The normalized spacial score (nSPS) is 15.3. The van der Waals surface area contributed by atoms with Crippen LogP contribution < -0.4 is 15.4 Å². The SMILES string of the molecule is O=C1NC(=S)N/C1=C/c1cccc(OCc2c(F)cccc2Cl)c1. The van der Waals surface area contributed by atoms with E-state index in [0.717, 1.165) is 5.56 Å². The fraction of sp³-hybridized carbons (Fsp3) is 0.0588. The highest BCUT2D eigenvalue weighted by Crippen LogP contribution is 2.22. The van der Waals surface area contributed by atoms with Crippen LogP contribution in [0.1, 0.15) is 11.1 Å². The molecule has 1 aliphatic heterocycles. The van der Waals surface area contributed by atoms with Gasteiger partial charge in [-0.15, -0.1) is 0 Å². The number of thiocarbonyl (C=S) groups is 1. The Kier molecular flexibility index (Phi) is 4.78. The van der Waals surface area contributed by atoms with Crippen molar-refractivity contribution in [2.75, 3.05) is 0 Å². The van der Waals surface area contributed by atoms with E-state index in [1.165, 1.54) is 12.1 Å². The molecule has 7 heteroatoms. The smallest absolute Gasteiger partial charge is 0.273 e. The first-order chi connectivity index (χ1) is 11.5. The van der Waals surface area contributed by atoms with E-state index in [1.54, 1.807) is 30.3 Å². The van der Waals surface area contributed by atoms with Crippen LogP contribution in [0.4, 0.5) is 4.39 Å². The minimum Gasteiger partial charge on any atom is -0.489 e. The Hall–Kier alpha value is -2.44. The topological polar surface area (TPSA) is 50.4 Å². The first-order valence-electron chi connectivity index (χ1n) is 7.03. The maximum atomic E-state index is 13.7. The summed E-state index contributed by atoms with van der Waals surface area (Å²) in [6.07, 6.45) is 1.65. The monoisotopic (exact) mass is 362 g/mol. The van der Waals surface area contributed by atoms with Crippen LogP contribution in [0.5, 0.6) is 5.75 Å². The molecule has 1 fully saturated rings. The van der Waals surface area contributed by atoms with Crippen molar-refractivity contribution in [2.24, 2.45) is 0 Å². The Morgan fingerprint density at radius 3 is 2.71 bits per heavy atom. The van der Waals surface area contributed by atoms with E-state index in [4.69, 9.17) is 28.6 Å². The largest absolute Gasteiger partial charge is 0.489 e. The second kappa shape index (κ2) is 6.98. The maximum Gasteiger partial charge on any atom is 0.273 e. The highest BCUT2D eigenvalue weighted by atomic mass is 35.5. The summed E-state index contributed by atoms with van der Waals surface area (Å²) in [6.45, 7) is 0.00829. The summed E-state index contributed by atoms with van der Waals surface area (Å²) in [5.41, 5.74) is 1.40. The van der Waals surface area contributed by atoms with Gasteiger partial charge in [0.05, 0.1) is 5.02 Å². The van der Waals surface area contributed by atoms with E-state index in [0.29, 0.717) is 22.0 Å². The van der Waals surface area contributed by atoms with Gasteiger partial charge in [0.2, 0.25) is 0 Å². The molecule has 2 aromatic carbocycles. The van der Waals surface area contributed by atoms with E-state index < -0.39 is 5.82 Å². The zero-order valence-corrected chi connectivity index (χ0v) is 13.9. The second-order valence-electron chi connectivity index (χ2n) is 5.03. The minimum absolute atomic E-state index is 0.00829. The number of ether oxygens (including phenoxy) is 1. The van der Waals surface area contributed by atoms with Crippen molar-refractivity contribution < 1.29 is 13.9 Å². The summed E-state index contributed by atoms with van der Waals surface area (Å²) in [5.74, 6) is -0.171. The van der Waals surface area contributed by atoms with Gasteiger partial charge < -0.3 is 10.1 Å². The Labute approximate surface area is 148 Å².